The zero-order valence-corrected chi connectivity index (χ0v) is 19.2. The highest BCUT2D eigenvalue weighted by molar-refractivity contribution is 7.91. The van der Waals surface area contributed by atoms with Crippen LogP contribution < -0.4 is 10.1 Å². The van der Waals surface area contributed by atoms with E-state index in [1.165, 1.54) is 36.8 Å². The van der Waals surface area contributed by atoms with Gasteiger partial charge in [0.15, 0.2) is 32.9 Å². The van der Waals surface area contributed by atoms with Crippen molar-refractivity contribution in [1.82, 2.24) is 34.3 Å². The molecule has 4 rings (SSSR count). The van der Waals surface area contributed by atoms with Gasteiger partial charge in [-0.25, -0.2) is 27.9 Å². The Balaban J connectivity index is 1.92. The maximum Gasteiger partial charge on any atom is 0.456 e. The Kier molecular flexibility index (Phi) is 6.06. The van der Waals surface area contributed by atoms with E-state index in [1.807, 2.05) is 0 Å². The first-order chi connectivity index (χ1) is 16.8. The standard InChI is InChI=1S/C19H16F5N7O4S/c1-3-36(33,34)17-12(14-26-5-4-10(15(32)25-2)31(14)29-17)13-28-8-11-16(27-6-7-30(11)13)35-9-18(20,21)19(22,23)24/h4-8H,3,9H2,1-2H3,(H,25,32). The molecule has 0 radical (unpaired) electrons. The topological polar surface area (TPSA) is 133 Å². The molecule has 192 valence electrons. The van der Waals surface area contributed by atoms with Crippen LogP contribution in [0.25, 0.3) is 22.6 Å². The molecule has 4 aromatic heterocycles. The van der Waals surface area contributed by atoms with Crippen LogP contribution in [-0.2, 0) is 9.84 Å². The summed E-state index contributed by atoms with van der Waals surface area (Å²) in [4.78, 5) is 24.3. The van der Waals surface area contributed by atoms with E-state index in [2.05, 4.69) is 30.1 Å². The quantitative estimate of drug-likeness (QED) is 0.358. The monoisotopic (exact) mass is 533 g/mol. The van der Waals surface area contributed by atoms with Crippen LogP contribution in [0, 0.1) is 0 Å². The number of hydrogen-bond acceptors (Lipinski definition) is 8. The SMILES string of the molecule is CCS(=O)(=O)c1nn2c(C(=O)NC)ccnc2c1-c1ncc2c(OCC(F)(F)C(F)(F)F)nccn12. The number of sulfone groups is 1. The summed E-state index contributed by atoms with van der Waals surface area (Å²) in [7, 11) is -2.66. The molecular weight excluding hydrogens is 517 g/mol. The Morgan fingerprint density at radius 1 is 1.14 bits per heavy atom. The number of halogens is 5. The molecule has 0 saturated heterocycles. The Morgan fingerprint density at radius 2 is 1.86 bits per heavy atom. The molecule has 0 spiro atoms. The van der Waals surface area contributed by atoms with Crippen LogP contribution in [0.3, 0.4) is 0 Å². The van der Waals surface area contributed by atoms with Crippen LogP contribution in [0.4, 0.5) is 22.0 Å². The van der Waals surface area contributed by atoms with E-state index in [0.717, 1.165) is 16.9 Å². The molecule has 4 aromatic rings. The van der Waals surface area contributed by atoms with E-state index in [4.69, 9.17) is 0 Å². The number of nitrogens with one attached hydrogen (secondary N) is 1. The first-order valence-corrected chi connectivity index (χ1v) is 11.7. The normalized spacial score (nSPS) is 12.9. The first-order valence-electron chi connectivity index (χ1n) is 10.0. The molecule has 0 saturated carbocycles. The molecule has 0 aliphatic heterocycles. The number of nitrogens with zero attached hydrogens (tertiary/aromatic N) is 6. The Morgan fingerprint density at radius 3 is 2.50 bits per heavy atom. The van der Waals surface area contributed by atoms with E-state index in [1.54, 1.807) is 0 Å². The zero-order valence-electron chi connectivity index (χ0n) is 18.4. The van der Waals surface area contributed by atoms with Gasteiger partial charge in [0, 0.05) is 25.6 Å². The summed E-state index contributed by atoms with van der Waals surface area (Å²) >= 11 is 0. The summed E-state index contributed by atoms with van der Waals surface area (Å²) in [5.74, 6) is -6.81. The largest absolute Gasteiger partial charge is 0.469 e. The fourth-order valence-corrected chi connectivity index (χ4v) is 4.19. The summed E-state index contributed by atoms with van der Waals surface area (Å²) in [6.45, 7) is -0.663. The minimum absolute atomic E-state index is 0.0396. The number of imidazole rings is 1. The van der Waals surface area contributed by atoms with Crippen molar-refractivity contribution in [3.05, 3.63) is 36.5 Å². The fraction of sp³-hybridized carbons (Fsp3) is 0.316. The second-order valence-electron chi connectivity index (χ2n) is 7.29. The van der Waals surface area contributed by atoms with Crippen molar-refractivity contribution < 1.29 is 39.9 Å². The molecule has 0 aliphatic carbocycles. The summed E-state index contributed by atoms with van der Waals surface area (Å²) in [6, 6.07) is 1.31. The van der Waals surface area contributed by atoms with Crippen molar-refractivity contribution in [1.29, 1.82) is 0 Å². The van der Waals surface area contributed by atoms with Crippen molar-refractivity contribution in [2.24, 2.45) is 0 Å². The van der Waals surface area contributed by atoms with Gasteiger partial charge < -0.3 is 10.1 Å². The second-order valence-corrected chi connectivity index (χ2v) is 9.48. The number of carbonyl (C=O) groups is 1. The molecule has 0 unspecified atom stereocenters. The summed E-state index contributed by atoms with van der Waals surface area (Å²) < 4.78 is 96.9. The molecule has 0 bridgehead atoms. The van der Waals surface area contributed by atoms with Crippen LogP contribution in [0.2, 0.25) is 0 Å². The molecule has 11 nitrogen and oxygen atoms in total. The van der Waals surface area contributed by atoms with Crippen LogP contribution in [-0.4, -0.2) is 74.8 Å². The second kappa shape index (κ2) is 8.65. The lowest BCUT2D eigenvalue weighted by Crippen LogP contribution is -2.41. The average molecular weight is 533 g/mol. The number of carbonyl (C=O) groups excluding carboxylic acids is 1. The van der Waals surface area contributed by atoms with Gasteiger partial charge in [0.25, 0.3) is 5.91 Å². The van der Waals surface area contributed by atoms with Crippen molar-refractivity contribution in [2.75, 3.05) is 19.4 Å². The van der Waals surface area contributed by atoms with Gasteiger partial charge in [-0.15, -0.1) is 0 Å². The number of aromatic nitrogens is 6. The lowest BCUT2D eigenvalue weighted by atomic mass is 10.3. The summed E-state index contributed by atoms with van der Waals surface area (Å²) in [5.41, 5.74) is -0.367. The number of alkyl halides is 5. The number of fused-ring (bicyclic) bond motifs is 2. The molecular formula is C19H16F5N7O4S. The van der Waals surface area contributed by atoms with E-state index in [9.17, 15) is 35.2 Å². The highest BCUT2D eigenvalue weighted by atomic mass is 32.2. The zero-order chi connectivity index (χ0) is 26.5. The third-order valence-electron chi connectivity index (χ3n) is 5.07. The van der Waals surface area contributed by atoms with Crippen molar-refractivity contribution in [3.63, 3.8) is 0 Å². The Hall–Kier alpha value is -3.89. The maximum absolute atomic E-state index is 13.4. The minimum Gasteiger partial charge on any atom is -0.469 e. The Bertz CT molecular complexity index is 1580. The van der Waals surface area contributed by atoms with Gasteiger partial charge in [-0.3, -0.25) is 9.20 Å². The van der Waals surface area contributed by atoms with E-state index >= 15 is 0 Å². The molecule has 1 amide bonds. The highest BCUT2D eigenvalue weighted by Gasteiger charge is 2.58. The molecule has 0 atom stereocenters. The van der Waals surface area contributed by atoms with Gasteiger partial charge in [0.2, 0.25) is 5.88 Å². The minimum atomic E-state index is -5.84. The van der Waals surface area contributed by atoms with E-state index in [-0.39, 0.29) is 34.0 Å². The fourth-order valence-electron chi connectivity index (χ4n) is 3.22. The number of ether oxygens (including phenoxy) is 1. The molecule has 0 aliphatic rings. The summed E-state index contributed by atoms with van der Waals surface area (Å²) in [6.07, 6.45) is -1.22. The van der Waals surface area contributed by atoms with Crippen LogP contribution in [0.5, 0.6) is 5.88 Å². The third-order valence-corrected chi connectivity index (χ3v) is 6.71. The maximum atomic E-state index is 13.4. The predicted octanol–water partition coefficient (Wildman–Crippen LogP) is 2.17. The van der Waals surface area contributed by atoms with Crippen molar-refractivity contribution in [2.45, 2.75) is 24.0 Å². The highest BCUT2D eigenvalue weighted by Crippen LogP contribution is 2.37. The smallest absolute Gasteiger partial charge is 0.456 e. The first kappa shape index (κ1) is 25.2. The Labute approximate surface area is 198 Å². The molecule has 4 heterocycles. The van der Waals surface area contributed by atoms with Crippen molar-refractivity contribution in [3.8, 4) is 17.3 Å². The van der Waals surface area contributed by atoms with Gasteiger partial charge in [-0.2, -0.15) is 27.1 Å². The molecule has 17 heteroatoms. The van der Waals surface area contributed by atoms with Gasteiger partial charge in [0.1, 0.15) is 16.8 Å². The number of amides is 1. The summed E-state index contributed by atoms with van der Waals surface area (Å²) in [5, 5.41) is 6.02. The van der Waals surface area contributed by atoms with E-state index < -0.39 is 45.4 Å². The van der Waals surface area contributed by atoms with Crippen LogP contribution >= 0.6 is 0 Å². The van der Waals surface area contributed by atoms with Gasteiger partial charge in [-0.05, 0) is 6.07 Å². The van der Waals surface area contributed by atoms with Crippen LogP contribution in [0.15, 0.2) is 35.9 Å². The van der Waals surface area contributed by atoms with Gasteiger partial charge >= 0.3 is 12.1 Å². The third kappa shape index (κ3) is 4.08. The number of hydrogen-bond donors (Lipinski definition) is 1. The predicted molar refractivity (Wildman–Crippen MR) is 113 cm³/mol. The average Bonchev–Trinajstić information content (AvgIpc) is 3.43. The lowest BCUT2D eigenvalue weighted by Gasteiger charge is -2.19. The van der Waals surface area contributed by atoms with Crippen molar-refractivity contribution >= 4 is 26.9 Å². The molecule has 1 N–H and O–H groups in total. The van der Waals surface area contributed by atoms with Gasteiger partial charge in [0.05, 0.1) is 11.9 Å². The lowest BCUT2D eigenvalue weighted by molar-refractivity contribution is -0.290. The van der Waals surface area contributed by atoms with E-state index in [0.29, 0.717) is 0 Å². The van der Waals surface area contributed by atoms with Gasteiger partial charge in [-0.1, -0.05) is 6.92 Å². The molecule has 36 heavy (non-hydrogen) atoms. The number of rotatable bonds is 7. The van der Waals surface area contributed by atoms with Crippen LogP contribution in [0.1, 0.15) is 17.4 Å². The molecule has 0 aromatic carbocycles. The molecule has 0 fully saturated rings.